The number of urea groups is 1. The summed E-state index contributed by atoms with van der Waals surface area (Å²) in [4.78, 5) is 37.2. The number of thiazole rings is 1. The van der Waals surface area contributed by atoms with Crippen LogP contribution in [0.25, 0.3) is 11.3 Å². The van der Waals surface area contributed by atoms with Crippen molar-refractivity contribution in [2.45, 2.75) is 32.1 Å². The topological polar surface area (TPSA) is 56.8 Å². The number of anilines is 1. The molecule has 0 atom stereocenters. The third-order valence-corrected chi connectivity index (χ3v) is 7.88. The van der Waals surface area contributed by atoms with Gasteiger partial charge in [0.15, 0.2) is 5.13 Å². The molecule has 2 aliphatic rings. The van der Waals surface area contributed by atoms with Crippen LogP contribution in [0.1, 0.15) is 31.2 Å². The number of rotatable bonds is 6. The third-order valence-electron chi connectivity index (χ3n) is 7.02. The molecule has 6 nitrogen and oxygen atoms in total. The Balaban J connectivity index is 1.29. The summed E-state index contributed by atoms with van der Waals surface area (Å²) in [5.74, 6) is 0.0423. The fourth-order valence-electron chi connectivity index (χ4n) is 4.96. The van der Waals surface area contributed by atoms with Crippen molar-refractivity contribution in [3.63, 3.8) is 0 Å². The lowest BCUT2D eigenvalue weighted by atomic mass is 9.95. The van der Waals surface area contributed by atoms with Crippen molar-refractivity contribution < 1.29 is 9.59 Å². The number of aromatic nitrogens is 1. The summed E-state index contributed by atoms with van der Waals surface area (Å²) in [6, 6.07) is 20.5. The predicted molar refractivity (Wildman–Crippen MR) is 141 cm³/mol. The highest BCUT2D eigenvalue weighted by Gasteiger charge is 2.33. The van der Waals surface area contributed by atoms with E-state index >= 15 is 0 Å². The Labute approximate surface area is 211 Å². The minimum atomic E-state index is -0.0857. The summed E-state index contributed by atoms with van der Waals surface area (Å²) in [6.07, 6.45) is 4.37. The van der Waals surface area contributed by atoms with Crippen molar-refractivity contribution >= 4 is 28.4 Å². The van der Waals surface area contributed by atoms with E-state index in [1.54, 1.807) is 0 Å². The summed E-state index contributed by atoms with van der Waals surface area (Å²) in [6.45, 7) is 3.60. The standard InChI is InChI=1S/C28H32N4O2S/c33-26(24-14-18-31(19-15-24)28(34)30-16-7-8-17-30)32(20-13-22-9-3-1-4-10-22)27-29-25(21-35-27)23-11-5-2-6-12-23/h1-6,9-12,21,24H,7-8,13-20H2. The number of piperidine rings is 1. The van der Waals surface area contributed by atoms with Crippen molar-refractivity contribution in [2.24, 2.45) is 5.92 Å². The zero-order valence-corrected chi connectivity index (χ0v) is 20.8. The highest BCUT2D eigenvalue weighted by atomic mass is 32.1. The molecule has 3 amide bonds. The molecule has 2 fully saturated rings. The number of likely N-dealkylation sites (tertiary alicyclic amines) is 2. The van der Waals surface area contributed by atoms with Gasteiger partial charge < -0.3 is 9.80 Å². The zero-order chi connectivity index (χ0) is 24.0. The fraction of sp³-hybridized carbons (Fsp3) is 0.393. The number of nitrogens with zero attached hydrogens (tertiary/aromatic N) is 4. The summed E-state index contributed by atoms with van der Waals surface area (Å²) in [7, 11) is 0. The Hall–Kier alpha value is -3.19. The maximum atomic E-state index is 13.8. The molecule has 3 heterocycles. The van der Waals surface area contributed by atoms with E-state index in [2.05, 4.69) is 12.1 Å². The van der Waals surface area contributed by atoms with Crippen LogP contribution in [0.3, 0.4) is 0 Å². The largest absolute Gasteiger partial charge is 0.325 e. The molecule has 0 bridgehead atoms. The zero-order valence-electron chi connectivity index (χ0n) is 20.0. The van der Waals surface area contributed by atoms with E-state index in [-0.39, 0.29) is 17.9 Å². The monoisotopic (exact) mass is 488 g/mol. The lowest BCUT2D eigenvalue weighted by Crippen LogP contribution is -2.48. The van der Waals surface area contributed by atoms with Gasteiger partial charge in [0.25, 0.3) is 0 Å². The number of carbonyl (C=O) groups is 2. The molecule has 3 aromatic rings. The molecule has 2 aromatic carbocycles. The van der Waals surface area contributed by atoms with E-state index in [1.807, 2.05) is 68.6 Å². The minimum Gasteiger partial charge on any atom is -0.325 e. The number of hydrogen-bond acceptors (Lipinski definition) is 4. The number of benzene rings is 2. The maximum Gasteiger partial charge on any atom is 0.319 e. The molecule has 0 N–H and O–H groups in total. The second kappa shape index (κ2) is 11.0. The Bertz CT molecular complexity index is 1120. The predicted octanol–water partition coefficient (Wildman–Crippen LogP) is 5.31. The smallest absolute Gasteiger partial charge is 0.319 e. The van der Waals surface area contributed by atoms with E-state index in [9.17, 15) is 9.59 Å². The first-order valence-corrected chi connectivity index (χ1v) is 13.5. The van der Waals surface area contributed by atoms with Crippen molar-refractivity contribution in [3.05, 3.63) is 71.6 Å². The molecule has 2 aliphatic heterocycles. The highest BCUT2D eigenvalue weighted by molar-refractivity contribution is 7.14. The van der Waals surface area contributed by atoms with Gasteiger partial charge in [-0.2, -0.15) is 0 Å². The van der Waals surface area contributed by atoms with Crippen LogP contribution < -0.4 is 4.90 Å². The molecule has 0 aliphatic carbocycles. The van der Waals surface area contributed by atoms with Gasteiger partial charge in [0.2, 0.25) is 5.91 Å². The molecule has 0 spiro atoms. The van der Waals surface area contributed by atoms with Gasteiger partial charge in [0, 0.05) is 49.6 Å². The summed E-state index contributed by atoms with van der Waals surface area (Å²) >= 11 is 1.52. The Morgan fingerprint density at radius 3 is 2.20 bits per heavy atom. The van der Waals surface area contributed by atoms with Gasteiger partial charge in [0.05, 0.1) is 5.69 Å². The van der Waals surface area contributed by atoms with Crippen LogP contribution in [0.5, 0.6) is 0 Å². The van der Waals surface area contributed by atoms with Gasteiger partial charge >= 0.3 is 6.03 Å². The molecule has 0 saturated carbocycles. The Morgan fingerprint density at radius 1 is 0.886 bits per heavy atom. The molecule has 7 heteroatoms. The Kier molecular flexibility index (Phi) is 7.42. The molecule has 0 unspecified atom stereocenters. The second-order valence-corrected chi connectivity index (χ2v) is 10.2. The van der Waals surface area contributed by atoms with Gasteiger partial charge in [-0.25, -0.2) is 9.78 Å². The molecular weight excluding hydrogens is 456 g/mol. The van der Waals surface area contributed by atoms with Crippen molar-refractivity contribution in [3.8, 4) is 11.3 Å². The number of carbonyl (C=O) groups excluding carboxylic acids is 2. The quantitative estimate of drug-likeness (QED) is 0.472. The van der Waals surface area contributed by atoms with Gasteiger partial charge in [-0.05, 0) is 37.7 Å². The second-order valence-electron chi connectivity index (χ2n) is 9.34. The van der Waals surface area contributed by atoms with Gasteiger partial charge in [0.1, 0.15) is 0 Å². The average Bonchev–Trinajstić information content (AvgIpc) is 3.63. The fourth-order valence-corrected chi connectivity index (χ4v) is 5.83. The van der Waals surface area contributed by atoms with Crippen LogP contribution in [0, 0.1) is 5.92 Å². The number of amides is 3. The molecule has 2 saturated heterocycles. The van der Waals surface area contributed by atoms with Crippen LogP contribution in [-0.2, 0) is 11.2 Å². The molecule has 1 aromatic heterocycles. The van der Waals surface area contributed by atoms with Crippen molar-refractivity contribution in [1.29, 1.82) is 0 Å². The molecule has 35 heavy (non-hydrogen) atoms. The van der Waals surface area contributed by atoms with E-state index in [1.165, 1.54) is 16.9 Å². The van der Waals surface area contributed by atoms with E-state index in [4.69, 9.17) is 4.98 Å². The van der Waals surface area contributed by atoms with E-state index in [0.29, 0.717) is 32.5 Å². The average molecular weight is 489 g/mol. The first kappa shape index (κ1) is 23.5. The molecular formula is C28H32N4O2S. The van der Waals surface area contributed by atoms with Crippen LogP contribution >= 0.6 is 11.3 Å². The number of hydrogen-bond donors (Lipinski definition) is 0. The minimum absolute atomic E-state index is 0.0857. The lowest BCUT2D eigenvalue weighted by Gasteiger charge is -2.35. The normalized spacial score (nSPS) is 16.5. The molecule has 5 rings (SSSR count). The van der Waals surface area contributed by atoms with Gasteiger partial charge in [-0.3, -0.25) is 9.69 Å². The van der Waals surface area contributed by atoms with Crippen LogP contribution in [0.15, 0.2) is 66.0 Å². The van der Waals surface area contributed by atoms with Crippen molar-refractivity contribution in [1.82, 2.24) is 14.8 Å². The van der Waals surface area contributed by atoms with Crippen LogP contribution in [0.2, 0.25) is 0 Å². The first-order chi connectivity index (χ1) is 17.2. The maximum absolute atomic E-state index is 13.8. The Morgan fingerprint density at radius 2 is 1.51 bits per heavy atom. The van der Waals surface area contributed by atoms with Gasteiger partial charge in [-0.1, -0.05) is 60.7 Å². The van der Waals surface area contributed by atoms with Crippen LogP contribution in [-0.4, -0.2) is 59.4 Å². The van der Waals surface area contributed by atoms with Gasteiger partial charge in [-0.15, -0.1) is 11.3 Å². The van der Waals surface area contributed by atoms with Crippen LogP contribution in [0.4, 0.5) is 9.93 Å². The third kappa shape index (κ3) is 5.56. The summed E-state index contributed by atoms with van der Waals surface area (Å²) in [5.41, 5.74) is 3.16. The highest BCUT2D eigenvalue weighted by Crippen LogP contribution is 2.30. The van der Waals surface area contributed by atoms with Crippen molar-refractivity contribution in [2.75, 3.05) is 37.6 Å². The molecule has 0 radical (unpaired) electrons. The molecule has 182 valence electrons. The van der Waals surface area contributed by atoms with E-state index < -0.39 is 0 Å². The van der Waals surface area contributed by atoms with E-state index in [0.717, 1.165) is 48.7 Å². The summed E-state index contributed by atoms with van der Waals surface area (Å²) in [5, 5.41) is 2.78. The first-order valence-electron chi connectivity index (χ1n) is 12.6. The summed E-state index contributed by atoms with van der Waals surface area (Å²) < 4.78 is 0. The lowest BCUT2D eigenvalue weighted by molar-refractivity contribution is -0.123. The SMILES string of the molecule is O=C(N1CCCC1)N1CCC(C(=O)N(CCc2ccccc2)c2nc(-c3ccccc3)cs2)CC1.